The average molecular weight is 223 g/mol. The fourth-order valence-electron chi connectivity index (χ4n) is 3.74. The third kappa shape index (κ3) is 3.00. The van der Waals surface area contributed by atoms with Crippen LogP contribution in [0.15, 0.2) is 0 Å². The van der Waals surface area contributed by atoms with Crippen LogP contribution < -0.4 is 5.32 Å². The molecule has 2 rings (SSSR count). The van der Waals surface area contributed by atoms with Crippen LogP contribution >= 0.6 is 0 Å². The van der Waals surface area contributed by atoms with Gasteiger partial charge in [0.15, 0.2) is 0 Å². The Balaban J connectivity index is 1.80. The molecule has 0 aromatic carbocycles. The molecule has 1 saturated carbocycles. The van der Waals surface area contributed by atoms with Gasteiger partial charge in [0.1, 0.15) is 0 Å². The topological polar surface area (TPSA) is 12.0 Å². The summed E-state index contributed by atoms with van der Waals surface area (Å²) in [5.74, 6) is 3.00. The first-order valence-electron chi connectivity index (χ1n) is 7.28. The first-order valence-corrected chi connectivity index (χ1v) is 7.28. The average Bonchev–Trinajstić information content (AvgIpc) is 2.29. The van der Waals surface area contributed by atoms with E-state index >= 15 is 0 Å². The molecule has 2 aliphatic rings. The fourth-order valence-corrected chi connectivity index (χ4v) is 3.74. The molecule has 0 radical (unpaired) electrons. The van der Waals surface area contributed by atoms with Gasteiger partial charge < -0.3 is 5.32 Å². The first kappa shape index (κ1) is 12.4. The molecule has 94 valence electrons. The van der Waals surface area contributed by atoms with E-state index in [0.717, 1.165) is 17.8 Å². The summed E-state index contributed by atoms with van der Waals surface area (Å²) >= 11 is 0. The maximum absolute atomic E-state index is 3.57. The largest absolute Gasteiger partial charge is 0.316 e. The third-order valence-electron chi connectivity index (χ3n) is 5.00. The van der Waals surface area contributed by atoms with E-state index in [9.17, 15) is 0 Å². The van der Waals surface area contributed by atoms with Gasteiger partial charge in [-0.2, -0.15) is 0 Å². The molecule has 2 fully saturated rings. The molecule has 1 saturated heterocycles. The normalized spacial score (nSPS) is 37.3. The number of nitrogens with one attached hydrogen (secondary N) is 1. The molecule has 16 heavy (non-hydrogen) atoms. The van der Waals surface area contributed by atoms with Crippen LogP contribution in [-0.4, -0.2) is 13.1 Å². The monoisotopic (exact) mass is 223 g/mol. The van der Waals surface area contributed by atoms with E-state index in [4.69, 9.17) is 0 Å². The van der Waals surface area contributed by atoms with Crippen LogP contribution in [-0.2, 0) is 0 Å². The lowest BCUT2D eigenvalue weighted by Gasteiger charge is -2.40. The molecular weight excluding hydrogens is 194 g/mol. The van der Waals surface area contributed by atoms with Crippen LogP contribution in [0.25, 0.3) is 0 Å². The van der Waals surface area contributed by atoms with Crippen molar-refractivity contribution >= 4 is 0 Å². The van der Waals surface area contributed by atoms with Crippen LogP contribution in [0.4, 0.5) is 0 Å². The maximum Gasteiger partial charge on any atom is -0.00179 e. The summed E-state index contributed by atoms with van der Waals surface area (Å²) in [6.07, 6.45) is 8.83. The van der Waals surface area contributed by atoms with Crippen molar-refractivity contribution < 1.29 is 0 Å². The van der Waals surface area contributed by atoms with Crippen LogP contribution in [0.3, 0.4) is 0 Å². The minimum absolute atomic E-state index is 0.537. The second-order valence-corrected chi connectivity index (χ2v) is 7.08. The van der Waals surface area contributed by atoms with Gasteiger partial charge in [0.2, 0.25) is 0 Å². The zero-order chi connectivity index (χ0) is 11.6. The number of piperidine rings is 1. The summed E-state index contributed by atoms with van der Waals surface area (Å²) in [6, 6.07) is 0. The lowest BCUT2D eigenvalue weighted by molar-refractivity contribution is 0.114. The lowest BCUT2D eigenvalue weighted by Crippen LogP contribution is -2.36. The van der Waals surface area contributed by atoms with Gasteiger partial charge in [-0.05, 0) is 74.8 Å². The van der Waals surface area contributed by atoms with Crippen LogP contribution in [0.1, 0.15) is 59.3 Å². The number of hydrogen-bond donors (Lipinski definition) is 1. The van der Waals surface area contributed by atoms with E-state index in [2.05, 4.69) is 26.1 Å². The maximum atomic E-state index is 3.57. The van der Waals surface area contributed by atoms with Gasteiger partial charge >= 0.3 is 0 Å². The van der Waals surface area contributed by atoms with E-state index in [1.54, 1.807) is 0 Å². The molecule has 1 heterocycles. The van der Waals surface area contributed by atoms with E-state index in [0.29, 0.717) is 5.41 Å². The molecule has 1 atom stereocenters. The van der Waals surface area contributed by atoms with Crippen molar-refractivity contribution in [3.05, 3.63) is 0 Å². The first-order chi connectivity index (χ1) is 7.57. The Labute approximate surface area is 101 Å². The van der Waals surface area contributed by atoms with Crippen LogP contribution in [0.5, 0.6) is 0 Å². The van der Waals surface area contributed by atoms with Crippen molar-refractivity contribution in [3.8, 4) is 0 Å². The molecule has 0 aromatic rings. The second-order valence-electron chi connectivity index (χ2n) is 7.08. The van der Waals surface area contributed by atoms with Gasteiger partial charge in [-0.25, -0.2) is 0 Å². The molecule has 1 aliphatic heterocycles. The molecular formula is C15H29N. The standard InChI is InChI=1S/C15H29N/c1-15(2,3)14-8-6-12(7-9-14)13-5-4-10-16-11-13/h12-14,16H,4-11H2,1-3H3. The van der Waals surface area contributed by atoms with Crippen LogP contribution in [0, 0.1) is 23.2 Å². The highest BCUT2D eigenvalue weighted by atomic mass is 14.9. The Bertz CT molecular complexity index is 202. The lowest BCUT2D eigenvalue weighted by atomic mass is 9.66. The fraction of sp³-hybridized carbons (Fsp3) is 1.00. The predicted octanol–water partition coefficient (Wildman–Crippen LogP) is 3.84. The Morgan fingerprint density at radius 2 is 1.56 bits per heavy atom. The Morgan fingerprint density at radius 1 is 0.875 bits per heavy atom. The van der Waals surface area contributed by atoms with E-state index in [1.165, 1.54) is 51.6 Å². The summed E-state index contributed by atoms with van der Waals surface area (Å²) in [5, 5.41) is 3.57. The van der Waals surface area contributed by atoms with Gasteiger partial charge in [0.05, 0.1) is 0 Å². The minimum atomic E-state index is 0.537. The van der Waals surface area contributed by atoms with Crippen LogP contribution in [0.2, 0.25) is 0 Å². The van der Waals surface area contributed by atoms with E-state index < -0.39 is 0 Å². The Hall–Kier alpha value is -0.0400. The summed E-state index contributed by atoms with van der Waals surface area (Å²) in [6.45, 7) is 9.80. The van der Waals surface area contributed by atoms with E-state index in [-0.39, 0.29) is 0 Å². The molecule has 0 amide bonds. The summed E-state index contributed by atoms with van der Waals surface area (Å²) in [7, 11) is 0. The summed E-state index contributed by atoms with van der Waals surface area (Å²) in [4.78, 5) is 0. The highest BCUT2D eigenvalue weighted by Gasteiger charge is 2.32. The molecule has 0 aromatic heterocycles. The van der Waals surface area contributed by atoms with Crippen molar-refractivity contribution in [2.24, 2.45) is 23.2 Å². The minimum Gasteiger partial charge on any atom is -0.316 e. The Morgan fingerprint density at radius 3 is 2.06 bits per heavy atom. The molecule has 0 spiro atoms. The SMILES string of the molecule is CC(C)(C)C1CCC(C2CCCNC2)CC1. The molecule has 0 bridgehead atoms. The Kier molecular flexibility index (Phi) is 3.94. The molecule has 1 N–H and O–H groups in total. The van der Waals surface area contributed by atoms with Gasteiger partial charge in [-0.3, -0.25) is 0 Å². The van der Waals surface area contributed by atoms with Crippen molar-refractivity contribution in [1.82, 2.24) is 5.32 Å². The summed E-state index contributed by atoms with van der Waals surface area (Å²) < 4.78 is 0. The zero-order valence-corrected chi connectivity index (χ0v) is 11.4. The third-order valence-corrected chi connectivity index (χ3v) is 5.00. The van der Waals surface area contributed by atoms with Crippen molar-refractivity contribution in [2.45, 2.75) is 59.3 Å². The van der Waals surface area contributed by atoms with Gasteiger partial charge in [-0.1, -0.05) is 20.8 Å². The second kappa shape index (κ2) is 5.08. The smallest absolute Gasteiger partial charge is 0.00179 e. The molecule has 1 aliphatic carbocycles. The van der Waals surface area contributed by atoms with Gasteiger partial charge in [0, 0.05) is 0 Å². The van der Waals surface area contributed by atoms with Crippen molar-refractivity contribution in [3.63, 3.8) is 0 Å². The van der Waals surface area contributed by atoms with Gasteiger partial charge in [0.25, 0.3) is 0 Å². The highest BCUT2D eigenvalue weighted by molar-refractivity contribution is 4.85. The zero-order valence-electron chi connectivity index (χ0n) is 11.4. The number of hydrogen-bond acceptors (Lipinski definition) is 1. The number of rotatable bonds is 1. The van der Waals surface area contributed by atoms with Gasteiger partial charge in [-0.15, -0.1) is 0 Å². The molecule has 1 unspecified atom stereocenters. The van der Waals surface area contributed by atoms with E-state index in [1.807, 2.05) is 0 Å². The molecule has 1 nitrogen and oxygen atoms in total. The van der Waals surface area contributed by atoms with Crippen molar-refractivity contribution in [1.29, 1.82) is 0 Å². The molecule has 1 heteroatoms. The highest BCUT2D eigenvalue weighted by Crippen LogP contribution is 2.42. The van der Waals surface area contributed by atoms with Crippen molar-refractivity contribution in [2.75, 3.05) is 13.1 Å². The quantitative estimate of drug-likeness (QED) is 0.712. The predicted molar refractivity (Wildman–Crippen MR) is 70.5 cm³/mol. The summed E-state index contributed by atoms with van der Waals surface area (Å²) in [5.41, 5.74) is 0.537.